The molecule has 0 saturated heterocycles. The van der Waals surface area contributed by atoms with Crippen molar-refractivity contribution in [1.29, 1.82) is 0 Å². The van der Waals surface area contributed by atoms with Crippen molar-refractivity contribution in [3.8, 4) is 5.69 Å². The lowest BCUT2D eigenvalue weighted by Crippen LogP contribution is -2.00. The fourth-order valence-electron chi connectivity index (χ4n) is 1.51. The number of aryl methyl sites for hydroxylation is 1. The molecule has 2 rings (SSSR count). The molecule has 0 bridgehead atoms. The van der Waals surface area contributed by atoms with Gasteiger partial charge in [0.05, 0.1) is 16.4 Å². The van der Waals surface area contributed by atoms with Gasteiger partial charge < -0.3 is 5.32 Å². The summed E-state index contributed by atoms with van der Waals surface area (Å²) in [5, 5.41) is 3.06. The van der Waals surface area contributed by atoms with Gasteiger partial charge in [-0.2, -0.15) is 0 Å². The summed E-state index contributed by atoms with van der Waals surface area (Å²) >= 11 is 5.63. The van der Waals surface area contributed by atoms with E-state index >= 15 is 0 Å². The number of nitrogens with one attached hydrogen (secondary N) is 1. The Balaban J connectivity index is 2.53. The van der Waals surface area contributed by atoms with E-state index in [-0.39, 0.29) is 5.02 Å². The van der Waals surface area contributed by atoms with E-state index in [1.165, 1.54) is 12.1 Å². The van der Waals surface area contributed by atoms with E-state index < -0.39 is 5.82 Å². The van der Waals surface area contributed by atoms with Gasteiger partial charge in [-0.05, 0) is 25.1 Å². The van der Waals surface area contributed by atoms with E-state index in [0.717, 1.165) is 5.69 Å². The molecule has 0 aliphatic heterocycles. The first-order valence-electron chi connectivity index (χ1n) is 4.81. The highest BCUT2D eigenvalue weighted by molar-refractivity contribution is 6.30. The van der Waals surface area contributed by atoms with Crippen LogP contribution in [0, 0.1) is 12.7 Å². The lowest BCUT2D eigenvalue weighted by molar-refractivity contribution is 0.627. The van der Waals surface area contributed by atoms with Gasteiger partial charge in [-0.15, -0.1) is 0 Å². The predicted octanol–water partition coefficient (Wildman–Crippen LogP) is 3.01. The molecule has 0 aliphatic carbocycles. The fraction of sp³-hybridized carbons (Fsp3) is 0.182. The molecule has 5 heteroatoms. The zero-order chi connectivity index (χ0) is 11.7. The molecular formula is C11H11ClFN3. The molecule has 1 aromatic carbocycles. The summed E-state index contributed by atoms with van der Waals surface area (Å²) in [5.41, 5.74) is 1.55. The van der Waals surface area contributed by atoms with Crippen LogP contribution in [0.4, 0.5) is 10.3 Å². The van der Waals surface area contributed by atoms with E-state index in [1.807, 2.05) is 13.1 Å². The van der Waals surface area contributed by atoms with E-state index in [2.05, 4.69) is 10.3 Å². The third kappa shape index (κ3) is 1.88. The first-order chi connectivity index (χ1) is 7.61. The quantitative estimate of drug-likeness (QED) is 0.873. The van der Waals surface area contributed by atoms with Crippen LogP contribution < -0.4 is 5.32 Å². The lowest BCUT2D eigenvalue weighted by Gasteiger charge is -2.07. The molecule has 1 N–H and O–H groups in total. The largest absolute Gasteiger partial charge is 0.358 e. The zero-order valence-corrected chi connectivity index (χ0v) is 9.72. The molecule has 1 aromatic heterocycles. The molecule has 1 heterocycles. The van der Waals surface area contributed by atoms with Gasteiger partial charge in [-0.1, -0.05) is 11.6 Å². The van der Waals surface area contributed by atoms with Crippen molar-refractivity contribution in [3.63, 3.8) is 0 Å². The van der Waals surface area contributed by atoms with Crippen molar-refractivity contribution in [2.75, 3.05) is 12.4 Å². The zero-order valence-electron chi connectivity index (χ0n) is 8.96. The molecule has 0 unspecified atom stereocenters. The molecule has 0 atom stereocenters. The molecule has 0 fully saturated rings. The first-order valence-corrected chi connectivity index (χ1v) is 5.19. The van der Waals surface area contributed by atoms with Crippen LogP contribution in [0.5, 0.6) is 0 Å². The number of rotatable bonds is 2. The Labute approximate surface area is 97.9 Å². The number of halogens is 2. The van der Waals surface area contributed by atoms with Crippen molar-refractivity contribution in [2.45, 2.75) is 6.92 Å². The van der Waals surface area contributed by atoms with Crippen LogP contribution >= 0.6 is 11.6 Å². The first kappa shape index (κ1) is 11.0. The smallest absolute Gasteiger partial charge is 0.207 e. The van der Waals surface area contributed by atoms with Crippen LogP contribution in [0.15, 0.2) is 24.4 Å². The second-order valence-corrected chi connectivity index (χ2v) is 3.83. The summed E-state index contributed by atoms with van der Waals surface area (Å²) in [5.74, 6) is 0.229. The summed E-state index contributed by atoms with van der Waals surface area (Å²) in [7, 11) is 1.77. The highest BCUT2D eigenvalue weighted by Gasteiger charge is 2.08. The number of aromatic nitrogens is 2. The average Bonchev–Trinajstić information content (AvgIpc) is 2.63. The Morgan fingerprint density at radius 2 is 2.19 bits per heavy atom. The van der Waals surface area contributed by atoms with Gasteiger partial charge in [0, 0.05) is 13.2 Å². The normalized spacial score (nSPS) is 10.5. The van der Waals surface area contributed by atoms with Gasteiger partial charge in [-0.25, -0.2) is 9.37 Å². The van der Waals surface area contributed by atoms with Gasteiger partial charge in [0.1, 0.15) is 5.82 Å². The maximum absolute atomic E-state index is 13.3. The van der Waals surface area contributed by atoms with Crippen LogP contribution in [-0.4, -0.2) is 16.6 Å². The number of hydrogen-bond acceptors (Lipinski definition) is 2. The molecule has 0 amide bonds. The molecule has 84 valence electrons. The molecule has 2 aromatic rings. The Morgan fingerprint density at radius 3 is 2.81 bits per heavy atom. The Bertz CT molecular complexity index is 522. The van der Waals surface area contributed by atoms with Crippen molar-refractivity contribution >= 4 is 17.5 Å². The van der Waals surface area contributed by atoms with Gasteiger partial charge in [0.15, 0.2) is 0 Å². The lowest BCUT2D eigenvalue weighted by atomic mass is 10.3. The number of hydrogen-bond donors (Lipinski definition) is 1. The second-order valence-electron chi connectivity index (χ2n) is 3.42. The van der Waals surface area contributed by atoms with E-state index in [4.69, 9.17) is 11.6 Å². The Morgan fingerprint density at radius 1 is 1.44 bits per heavy atom. The molecule has 0 radical (unpaired) electrons. The third-order valence-electron chi connectivity index (χ3n) is 2.23. The van der Waals surface area contributed by atoms with Crippen LogP contribution in [0.2, 0.25) is 5.02 Å². The van der Waals surface area contributed by atoms with E-state index in [0.29, 0.717) is 11.6 Å². The van der Waals surface area contributed by atoms with Crippen molar-refractivity contribution in [2.24, 2.45) is 0 Å². The van der Waals surface area contributed by atoms with Crippen molar-refractivity contribution in [3.05, 3.63) is 40.9 Å². The summed E-state index contributed by atoms with van der Waals surface area (Å²) in [6.07, 6.45) is 1.83. The minimum absolute atomic E-state index is 0.117. The topological polar surface area (TPSA) is 29.9 Å². The van der Waals surface area contributed by atoms with Crippen LogP contribution in [0.3, 0.4) is 0 Å². The molecule has 16 heavy (non-hydrogen) atoms. The predicted molar refractivity (Wildman–Crippen MR) is 62.8 cm³/mol. The molecular weight excluding hydrogens is 229 g/mol. The number of anilines is 1. The summed E-state index contributed by atoms with van der Waals surface area (Å²) in [6.45, 7) is 1.88. The summed E-state index contributed by atoms with van der Waals surface area (Å²) < 4.78 is 15.1. The SMILES string of the molecule is CNc1nc(C)cn1-c1ccc(Cl)c(F)c1. The fourth-order valence-corrected chi connectivity index (χ4v) is 1.62. The Hall–Kier alpha value is -1.55. The van der Waals surface area contributed by atoms with Gasteiger partial charge in [0.25, 0.3) is 0 Å². The average molecular weight is 240 g/mol. The molecule has 0 aliphatic rings. The number of nitrogens with zero attached hydrogens (tertiary/aromatic N) is 2. The monoisotopic (exact) mass is 239 g/mol. The molecule has 0 spiro atoms. The van der Waals surface area contributed by atoms with E-state index in [9.17, 15) is 4.39 Å². The van der Waals surface area contributed by atoms with Gasteiger partial charge >= 0.3 is 0 Å². The Kier molecular flexibility index (Phi) is 2.83. The molecule has 0 saturated carbocycles. The highest BCUT2D eigenvalue weighted by Crippen LogP contribution is 2.21. The van der Waals surface area contributed by atoms with Crippen LogP contribution in [-0.2, 0) is 0 Å². The number of imidazole rings is 1. The van der Waals surface area contributed by atoms with E-state index in [1.54, 1.807) is 17.7 Å². The summed E-state index contributed by atoms with van der Waals surface area (Å²) in [4.78, 5) is 4.25. The summed E-state index contributed by atoms with van der Waals surface area (Å²) in [6, 6.07) is 4.65. The van der Waals surface area contributed by atoms with Gasteiger partial charge in [-0.3, -0.25) is 4.57 Å². The van der Waals surface area contributed by atoms with Gasteiger partial charge in [0.2, 0.25) is 5.95 Å². The minimum Gasteiger partial charge on any atom is -0.358 e. The van der Waals surface area contributed by atoms with Crippen LogP contribution in [0.25, 0.3) is 5.69 Å². The highest BCUT2D eigenvalue weighted by atomic mass is 35.5. The maximum atomic E-state index is 13.3. The maximum Gasteiger partial charge on any atom is 0.207 e. The van der Waals surface area contributed by atoms with Crippen molar-refractivity contribution < 1.29 is 4.39 Å². The molecule has 3 nitrogen and oxygen atoms in total. The minimum atomic E-state index is -0.437. The number of benzene rings is 1. The second kappa shape index (κ2) is 4.14. The van der Waals surface area contributed by atoms with Crippen LogP contribution in [0.1, 0.15) is 5.69 Å². The third-order valence-corrected chi connectivity index (χ3v) is 2.54. The standard InChI is InChI=1S/C11H11ClFN3/c1-7-6-16(11(14-2)15-7)8-3-4-9(12)10(13)5-8/h3-6H,1-2H3,(H,14,15). The van der Waals surface area contributed by atoms with Crippen molar-refractivity contribution in [1.82, 2.24) is 9.55 Å².